The number of hydrogen-bond donors (Lipinski definition) is 2. The molecule has 1 aromatic carbocycles. The lowest BCUT2D eigenvalue weighted by atomic mass is 10.1. The summed E-state index contributed by atoms with van der Waals surface area (Å²) >= 11 is 0. The van der Waals surface area contributed by atoms with Crippen LogP contribution in [0.5, 0.6) is 0 Å². The van der Waals surface area contributed by atoms with Crippen molar-refractivity contribution >= 4 is 17.4 Å². The zero-order valence-electron chi connectivity index (χ0n) is 16.9. The summed E-state index contributed by atoms with van der Waals surface area (Å²) < 4.78 is 40.2. The number of carbonyl (C=O) groups excluding carboxylic acids is 1. The summed E-state index contributed by atoms with van der Waals surface area (Å²) in [5.74, 6) is 5.61. The molecule has 3 N–H and O–H groups in total. The molecule has 0 unspecified atom stereocenters. The lowest BCUT2D eigenvalue weighted by molar-refractivity contribution is -0.137. The smallest absolute Gasteiger partial charge is 0.392 e. The van der Waals surface area contributed by atoms with Crippen molar-refractivity contribution in [2.45, 2.75) is 25.7 Å². The van der Waals surface area contributed by atoms with Crippen LogP contribution in [0.4, 0.5) is 24.7 Å². The van der Waals surface area contributed by atoms with Crippen molar-refractivity contribution in [3.8, 4) is 11.8 Å². The van der Waals surface area contributed by atoms with Crippen LogP contribution in [0, 0.1) is 11.8 Å². The van der Waals surface area contributed by atoms with E-state index in [1.54, 1.807) is 4.68 Å². The maximum atomic E-state index is 13.2. The Morgan fingerprint density at radius 3 is 2.53 bits per heavy atom. The van der Waals surface area contributed by atoms with Crippen molar-refractivity contribution in [2.24, 2.45) is 0 Å². The molecule has 7 nitrogen and oxygen atoms in total. The lowest BCUT2D eigenvalue weighted by Gasteiger charge is -2.32. The molecule has 0 radical (unpaired) electrons. The van der Waals surface area contributed by atoms with Gasteiger partial charge in [0.25, 0.3) is 5.91 Å². The van der Waals surface area contributed by atoms with E-state index in [9.17, 15) is 23.1 Å². The number of nitrogens with two attached hydrogens (primary N) is 1. The summed E-state index contributed by atoms with van der Waals surface area (Å²) in [6.45, 7) is 1.83. The van der Waals surface area contributed by atoms with Crippen LogP contribution in [0.25, 0.3) is 0 Å². The third-order valence-corrected chi connectivity index (χ3v) is 5.13. The number of aliphatic hydroxyl groups is 1. The van der Waals surface area contributed by atoms with Gasteiger partial charge in [-0.2, -0.15) is 18.3 Å². The van der Waals surface area contributed by atoms with Gasteiger partial charge in [0.15, 0.2) is 0 Å². The molecular formula is C22H18F3N5O2. The van der Waals surface area contributed by atoms with E-state index < -0.39 is 17.6 Å². The van der Waals surface area contributed by atoms with Gasteiger partial charge in [0.2, 0.25) is 0 Å². The zero-order valence-corrected chi connectivity index (χ0v) is 16.9. The van der Waals surface area contributed by atoms with Crippen molar-refractivity contribution in [3.63, 3.8) is 0 Å². The largest absolute Gasteiger partial charge is 0.416 e. The van der Waals surface area contributed by atoms with Crippen LogP contribution in [0.15, 0.2) is 42.7 Å². The van der Waals surface area contributed by atoms with Crippen LogP contribution < -0.4 is 10.6 Å². The predicted molar refractivity (Wildman–Crippen MR) is 111 cm³/mol. The first-order chi connectivity index (χ1) is 15.2. The van der Waals surface area contributed by atoms with Crippen molar-refractivity contribution in [1.29, 1.82) is 0 Å². The average molecular weight is 441 g/mol. The number of aliphatic hydroxyl groups excluding tert-OH is 1. The fourth-order valence-corrected chi connectivity index (χ4v) is 3.50. The number of hydrogen-bond acceptors (Lipinski definition) is 5. The van der Waals surface area contributed by atoms with Gasteiger partial charge in [0, 0.05) is 24.0 Å². The molecule has 164 valence electrons. The van der Waals surface area contributed by atoms with Gasteiger partial charge in [-0.1, -0.05) is 11.8 Å². The summed E-state index contributed by atoms with van der Waals surface area (Å²) in [6.07, 6.45) is -1.55. The Balaban J connectivity index is 1.69. The van der Waals surface area contributed by atoms with Crippen LogP contribution in [0.3, 0.4) is 0 Å². The number of anilines is 2. The van der Waals surface area contributed by atoms with Gasteiger partial charge in [-0.15, -0.1) is 0 Å². The molecule has 10 heteroatoms. The molecule has 1 amide bonds. The summed E-state index contributed by atoms with van der Waals surface area (Å²) in [5, 5.41) is 13.8. The van der Waals surface area contributed by atoms with Crippen LogP contribution in [0.2, 0.25) is 0 Å². The van der Waals surface area contributed by atoms with Gasteiger partial charge in [0.05, 0.1) is 30.0 Å². The standard InChI is InChI=1S/C22H18F3N5O2/c1-13-11-29(18-6-4-17(5-7-18)22(23,24)25)21(32)20-15(10-28-30(13)20)3-2-14-9-27-19(26)8-16(14)12-31/h4-10,13,31H,11-12H2,1H3,(H2,26,27)/t13-/m0/s1. The van der Waals surface area contributed by atoms with Crippen LogP contribution in [0.1, 0.15) is 45.7 Å². The third-order valence-electron chi connectivity index (χ3n) is 5.13. The van der Waals surface area contributed by atoms with Crippen molar-refractivity contribution in [3.05, 3.63) is 70.7 Å². The van der Waals surface area contributed by atoms with E-state index in [2.05, 4.69) is 21.9 Å². The highest BCUT2D eigenvalue weighted by molar-refractivity contribution is 6.07. The van der Waals surface area contributed by atoms with Gasteiger partial charge >= 0.3 is 6.18 Å². The van der Waals surface area contributed by atoms with Crippen LogP contribution >= 0.6 is 0 Å². The van der Waals surface area contributed by atoms with E-state index in [-0.39, 0.29) is 30.7 Å². The first-order valence-electron chi connectivity index (χ1n) is 9.63. The number of rotatable bonds is 2. The minimum atomic E-state index is -4.45. The number of nitrogen functional groups attached to an aromatic ring is 1. The quantitative estimate of drug-likeness (QED) is 0.596. The number of alkyl halides is 3. The SMILES string of the molecule is C[C@H]1CN(c2ccc(C(F)(F)F)cc2)C(=O)c2c(C#Cc3cnc(N)cc3CO)cnn21. The molecule has 0 spiro atoms. The molecular weight excluding hydrogens is 423 g/mol. The van der Waals surface area contributed by atoms with Crippen LogP contribution in [-0.2, 0) is 12.8 Å². The van der Waals surface area contributed by atoms with E-state index in [0.29, 0.717) is 22.4 Å². The number of fused-ring (bicyclic) bond motifs is 1. The third kappa shape index (κ3) is 3.90. The number of aromatic nitrogens is 3. The Morgan fingerprint density at radius 1 is 1.19 bits per heavy atom. The number of carbonyl (C=O) groups is 1. The molecule has 0 saturated heterocycles. The Kier molecular flexibility index (Phi) is 5.36. The zero-order chi connectivity index (χ0) is 23.0. The number of halogens is 3. The number of nitrogens with zero attached hydrogens (tertiary/aromatic N) is 4. The summed E-state index contributed by atoms with van der Waals surface area (Å²) in [5.41, 5.74) is 6.75. The molecule has 2 aromatic heterocycles. The predicted octanol–water partition coefficient (Wildman–Crippen LogP) is 2.99. The molecule has 3 heterocycles. The second-order valence-electron chi connectivity index (χ2n) is 7.34. The molecule has 1 atom stereocenters. The first-order valence-corrected chi connectivity index (χ1v) is 9.63. The topological polar surface area (TPSA) is 97.3 Å². The normalized spacial score (nSPS) is 15.8. The fourth-order valence-electron chi connectivity index (χ4n) is 3.50. The average Bonchev–Trinajstić information content (AvgIpc) is 3.20. The molecule has 1 aliphatic heterocycles. The Morgan fingerprint density at radius 2 is 1.88 bits per heavy atom. The Labute approximate surface area is 181 Å². The fraction of sp³-hybridized carbons (Fsp3) is 0.227. The molecule has 0 bridgehead atoms. The van der Waals surface area contributed by atoms with Crippen molar-refractivity contribution in [2.75, 3.05) is 17.2 Å². The minimum absolute atomic E-state index is 0.216. The maximum absolute atomic E-state index is 13.2. The molecule has 1 aliphatic rings. The molecule has 32 heavy (non-hydrogen) atoms. The summed E-state index contributed by atoms with van der Waals surface area (Å²) in [7, 11) is 0. The highest BCUT2D eigenvalue weighted by Crippen LogP contribution is 2.32. The van der Waals surface area contributed by atoms with E-state index in [0.717, 1.165) is 12.1 Å². The van der Waals surface area contributed by atoms with Crippen molar-refractivity contribution in [1.82, 2.24) is 14.8 Å². The second-order valence-corrected chi connectivity index (χ2v) is 7.34. The maximum Gasteiger partial charge on any atom is 0.416 e. The van der Waals surface area contributed by atoms with Crippen molar-refractivity contribution < 1.29 is 23.1 Å². The number of benzene rings is 1. The Bertz CT molecular complexity index is 1240. The minimum Gasteiger partial charge on any atom is -0.392 e. The van der Waals surface area contributed by atoms with Crippen LogP contribution in [-0.4, -0.2) is 32.3 Å². The summed E-state index contributed by atoms with van der Waals surface area (Å²) in [4.78, 5) is 18.6. The molecule has 3 aromatic rings. The van der Waals surface area contributed by atoms with Gasteiger partial charge in [-0.3, -0.25) is 9.48 Å². The van der Waals surface area contributed by atoms with Gasteiger partial charge in [0.1, 0.15) is 11.5 Å². The first kappa shape index (κ1) is 21.4. The van der Waals surface area contributed by atoms with E-state index in [1.807, 2.05) is 6.92 Å². The van der Waals surface area contributed by atoms with Gasteiger partial charge in [-0.25, -0.2) is 4.98 Å². The van der Waals surface area contributed by atoms with E-state index in [1.165, 1.54) is 35.5 Å². The highest BCUT2D eigenvalue weighted by Gasteiger charge is 2.34. The molecule has 0 aliphatic carbocycles. The van der Waals surface area contributed by atoms with E-state index in [4.69, 9.17) is 5.73 Å². The molecule has 0 saturated carbocycles. The monoisotopic (exact) mass is 441 g/mol. The second kappa shape index (κ2) is 8.01. The van der Waals surface area contributed by atoms with Gasteiger partial charge in [-0.05, 0) is 42.8 Å². The lowest BCUT2D eigenvalue weighted by Crippen LogP contribution is -2.43. The number of pyridine rings is 1. The Hall–Kier alpha value is -3.84. The molecule has 0 fully saturated rings. The molecule has 4 rings (SSSR count). The highest BCUT2D eigenvalue weighted by atomic mass is 19.4. The van der Waals surface area contributed by atoms with E-state index >= 15 is 0 Å². The number of amides is 1. The summed E-state index contributed by atoms with van der Waals surface area (Å²) in [6, 6.07) is 5.75. The van der Waals surface area contributed by atoms with Gasteiger partial charge < -0.3 is 15.7 Å².